The van der Waals surface area contributed by atoms with E-state index in [0.717, 1.165) is 11.3 Å². The fraction of sp³-hybridized carbons (Fsp3) is 0.619. The van der Waals surface area contributed by atoms with Gasteiger partial charge in [-0.1, -0.05) is 12.1 Å². The number of piperidine rings is 1. The van der Waals surface area contributed by atoms with Gasteiger partial charge in [-0.05, 0) is 24.1 Å². The summed E-state index contributed by atoms with van der Waals surface area (Å²) in [7, 11) is 0. The van der Waals surface area contributed by atoms with Crippen molar-refractivity contribution in [3.63, 3.8) is 0 Å². The molecule has 4 saturated heterocycles. The summed E-state index contributed by atoms with van der Waals surface area (Å²) in [6, 6.07) is 7.58. The first-order valence-electron chi connectivity index (χ1n) is 10.8. The molecule has 1 N–H and O–H groups in total. The van der Waals surface area contributed by atoms with Crippen molar-refractivity contribution in [1.82, 2.24) is 15.1 Å². The number of anilines is 1. The second kappa shape index (κ2) is 8.11. The molecular formula is C21H25F3N4O4. The molecule has 174 valence electrons. The maximum Gasteiger partial charge on any atom is 0.522 e. The number of hydrogen-bond donors (Lipinski definition) is 1. The summed E-state index contributed by atoms with van der Waals surface area (Å²) >= 11 is 0. The Balaban J connectivity index is 1.09. The van der Waals surface area contributed by atoms with E-state index < -0.39 is 12.5 Å². The summed E-state index contributed by atoms with van der Waals surface area (Å²) in [6.07, 6.45) is -4.73. The fourth-order valence-electron chi connectivity index (χ4n) is 4.79. The molecular weight excluding hydrogens is 429 g/mol. The van der Waals surface area contributed by atoms with Gasteiger partial charge < -0.3 is 24.8 Å². The molecule has 3 amide bonds. The van der Waals surface area contributed by atoms with Crippen LogP contribution < -0.4 is 10.2 Å². The standard InChI is InChI=1S/C21H25F3N4O4/c22-21(23,24)32-16-9-27(10-16)15-3-1-13(2-4-15)14-7-28(8-14)20(30)26-6-5-18-17(11-26)25-19(29)12-31-18/h1-4,14,16-18H,5-12H2,(H,25,29)/t17-,18+/m1/s1. The number of hydrogen-bond acceptors (Lipinski definition) is 5. The Bertz CT molecular complexity index is 869. The van der Waals surface area contributed by atoms with Gasteiger partial charge in [-0.25, -0.2) is 4.79 Å². The fourth-order valence-corrected chi connectivity index (χ4v) is 4.79. The summed E-state index contributed by atoms with van der Waals surface area (Å²) in [6.45, 7) is 2.83. The lowest BCUT2D eigenvalue weighted by molar-refractivity contribution is -0.344. The smallest absolute Gasteiger partial charge is 0.366 e. The zero-order chi connectivity index (χ0) is 22.5. The number of carbonyl (C=O) groups is 2. The molecule has 2 atom stereocenters. The average molecular weight is 454 g/mol. The summed E-state index contributed by atoms with van der Waals surface area (Å²) in [5.74, 6) is 0.0931. The molecule has 0 radical (unpaired) electrons. The number of benzene rings is 1. The van der Waals surface area contributed by atoms with E-state index in [1.54, 1.807) is 9.80 Å². The van der Waals surface area contributed by atoms with Gasteiger partial charge in [0.05, 0.1) is 12.1 Å². The van der Waals surface area contributed by atoms with Crippen LogP contribution in [-0.4, -0.2) is 92.2 Å². The normalized spacial score (nSPS) is 26.8. The van der Waals surface area contributed by atoms with E-state index in [-0.39, 0.29) is 49.7 Å². The van der Waals surface area contributed by atoms with Crippen molar-refractivity contribution >= 4 is 17.6 Å². The number of ether oxygens (including phenoxy) is 2. The van der Waals surface area contributed by atoms with Crippen LogP contribution in [0.2, 0.25) is 0 Å². The van der Waals surface area contributed by atoms with Crippen LogP contribution in [0.3, 0.4) is 0 Å². The average Bonchev–Trinajstić information content (AvgIpc) is 2.68. The number of halogens is 3. The van der Waals surface area contributed by atoms with E-state index in [1.165, 1.54) is 0 Å². The first-order chi connectivity index (χ1) is 15.2. The van der Waals surface area contributed by atoms with E-state index in [9.17, 15) is 22.8 Å². The molecule has 0 saturated carbocycles. The number of nitrogens with zero attached hydrogens (tertiary/aromatic N) is 3. The van der Waals surface area contributed by atoms with Crippen molar-refractivity contribution in [2.24, 2.45) is 0 Å². The number of urea groups is 1. The van der Waals surface area contributed by atoms with Gasteiger partial charge in [0.2, 0.25) is 5.91 Å². The van der Waals surface area contributed by atoms with Crippen molar-refractivity contribution < 1.29 is 32.2 Å². The second-order valence-corrected chi connectivity index (χ2v) is 8.82. The maximum atomic E-state index is 12.8. The molecule has 0 aliphatic carbocycles. The lowest BCUT2D eigenvalue weighted by Gasteiger charge is -2.46. The number of likely N-dealkylation sites (tertiary alicyclic amines) is 2. The molecule has 4 aliphatic rings. The third kappa shape index (κ3) is 4.36. The zero-order valence-corrected chi connectivity index (χ0v) is 17.4. The molecule has 11 heteroatoms. The van der Waals surface area contributed by atoms with Gasteiger partial charge in [-0.3, -0.25) is 9.53 Å². The van der Waals surface area contributed by atoms with Crippen LogP contribution in [0, 0.1) is 0 Å². The Morgan fingerprint density at radius 3 is 2.47 bits per heavy atom. The van der Waals surface area contributed by atoms with Crippen LogP contribution in [0.5, 0.6) is 0 Å². The molecule has 4 fully saturated rings. The highest BCUT2D eigenvalue weighted by Gasteiger charge is 2.41. The molecule has 0 unspecified atom stereocenters. The summed E-state index contributed by atoms with van der Waals surface area (Å²) in [4.78, 5) is 29.8. The van der Waals surface area contributed by atoms with Gasteiger partial charge >= 0.3 is 12.4 Å². The van der Waals surface area contributed by atoms with Crippen molar-refractivity contribution in [1.29, 1.82) is 0 Å². The highest BCUT2D eigenvalue weighted by Crippen LogP contribution is 2.32. The minimum Gasteiger partial charge on any atom is -0.366 e. The maximum absolute atomic E-state index is 12.8. The number of fused-ring (bicyclic) bond motifs is 1. The Morgan fingerprint density at radius 2 is 1.78 bits per heavy atom. The minimum absolute atomic E-state index is 0.0209. The molecule has 0 spiro atoms. The highest BCUT2D eigenvalue weighted by atomic mass is 19.4. The molecule has 5 rings (SSSR count). The third-order valence-corrected chi connectivity index (χ3v) is 6.62. The first-order valence-corrected chi connectivity index (χ1v) is 10.8. The quantitative estimate of drug-likeness (QED) is 0.750. The largest absolute Gasteiger partial charge is 0.522 e. The lowest BCUT2D eigenvalue weighted by Crippen LogP contribution is -2.63. The molecule has 0 aromatic heterocycles. The Labute approximate surface area is 183 Å². The van der Waals surface area contributed by atoms with Crippen LogP contribution in [0.1, 0.15) is 17.9 Å². The number of nitrogens with one attached hydrogen (secondary N) is 1. The van der Waals surface area contributed by atoms with Crippen molar-refractivity contribution in [2.45, 2.75) is 37.0 Å². The molecule has 32 heavy (non-hydrogen) atoms. The van der Waals surface area contributed by atoms with Gasteiger partial charge in [0.1, 0.15) is 12.7 Å². The van der Waals surface area contributed by atoms with Gasteiger partial charge in [-0.15, -0.1) is 13.2 Å². The number of rotatable bonds is 3. The highest BCUT2D eigenvalue weighted by molar-refractivity contribution is 5.79. The van der Waals surface area contributed by atoms with Gasteiger partial charge in [0.25, 0.3) is 0 Å². The summed E-state index contributed by atoms with van der Waals surface area (Å²) < 4.78 is 46.3. The van der Waals surface area contributed by atoms with Gasteiger partial charge in [-0.2, -0.15) is 0 Å². The summed E-state index contributed by atoms with van der Waals surface area (Å²) in [5, 5.41) is 2.91. The van der Waals surface area contributed by atoms with Crippen LogP contribution in [0.25, 0.3) is 0 Å². The van der Waals surface area contributed by atoms with Crippen LogP contribution in [0.4, 0.5) is 23.7 Å². The van der Waals surface area contributed by atoms with Gasteiger partial charge in [0.15, 0.2) is 0 Å². The SMILES string of the molecule is O=C1CO[C@H]2CCN(C(=O)N3CC(c4ccc(N5CC(OC(F)(F)F)C5)cc4)C3)C[C@H]2N1. The van der Waals surface area contributed by atoms with E-state index in [0.29, 0.717) is 32.6 Å². The van der Waals surface area contributed by atoms with Crippen LogP contribution in [-0.2, 0) is 14.3 Å². The Kier molecular flexibility index (Phi) is 5.40. The van der Waals surface area contributed by atoms with Crippen LogP contribution in [0.15, 0.2) is 24.3 Å². The van der Waals surface area contributed by atoms with Crippen molar-refractivity contribution in [2.75, 3.05) is 50.8 Å². The Hall–Kier alpha value is -2.53. The molecule has 8 nitrogen and oxygen atoms in total. The van der Waals surface area contributed by atoms with Crippen molar-refractivity contribution in [3.8, 4) is 0 Å². The topological polar surface area (TPSA) is 74.4 Å². The van der Waals surface area contributed by atoms with Crippen LogP contribution >= 0.6 is 0 Å². The number of amides is 3. The van der Waals surface area contributed by atoms with E-state index in [1.807, 2.05) is 29.2 Å². The number of carbonyl (C=O) groups excluding carboxylic acids is 2. The minimum atomic E-state index is -4.60. The zero-order valence-electron chi connectivity index (χ0n) is 17.4. The van der Waals surface area contributed by atoms with E-state index >= 15 is 0 Å². The molecule has 1 aromatic rings. The number of alkyl halides is 3. The second-order valence-electron chi connectivity index (χ2n) is 8.82. The molecule has 0 bridgehead atoms. The third-order valence-electron chi connectivity index (χ3n) is 6.62. The first kappa shape index (κ1) is 21.3. The number of morpholine rings is 1. The molecule has 4 heterocycles. The van der Waals surface area contributed by atoms with E-state index in [2.05, 4.69) is 10.1 Å². The Morgan fingerprint density at radius 1 is 1.06 bits per heavy atom. The lowest BCUT2D eigenvalue weighted by atomic mass is 9.91. The molecule has 1 aromatic carbocycles. The van der Waals surface area contributed by atoms with E-state index in [4.69, 9.17) is 4.74 Å². The predicted molar refractivity (Wildman–Crippen MR) is 107 cm³/mol. The summed E-state index contributed by atoms with van der Waals surface area (Å²) in [5.41, 5.74) is 1.97. The predicted octanol–water partition coefficient (Wildman–Crippen LogP) is 1.52. The van der Waals surface area contributed by atoms with Crippen molar-refractivity contribution in [3.05, 3.63) is 29.8 Å². The molecule has 4 aliphatic heterocycles. The van der Waals surface area contributed by atoms with Gasteiger partial charge in [0, 0.05) is 50.9 Å². The monoisotopic (exact) mass is 454 g/mol.